The van der Waals surface area contributed by atoms with Gasteiger partial charge < -0.3 is 0 Å². The third kappa shape index (κ3) is 1.53. The molecular weight excluding hydrogens is 246 g/mol. The van der Waals surface area contributed by atoms with E-state index in [4.69, 9.17) is 11.6 Å². The molecule has 0 radical (unpaired) electrons. The first-order valence-corrected chi connectivity index (χ1v) is 6.30. The summed E-state index contributed by atoms with van der Waals surface area (Å²) in [5.74, 6) is -0.0888. The number of halogens is 1. The largest absolute Gasteiger partial charge is 0.279 e. The Morgan fingerprint density at radius 2 is 1.44 bits per heavy atom. The Labute approximate surface area is 110 Å². The molecule has 3 aromatic rings. The molecule has 0 aliphatic heterocycles. The normalized spacial score (nSPS) is 13.0. The van der Waals surface area contributed by atoms with Gasteiger partial charge in [-0.15, -0.1) is 11.6 Å². The molecule has 2 aromatic carbocycles. The summed E-state index contributed by atoms with van der Waals surface area (Å²) < 4.78 is 1.71. The van der Waals surface area contributed by atoms with Gasteiger partial charge in [0.1, 0.15) is 5.38 Å². The van der Waals surface area contributed by atoms with Gasteiger partial charge in [-0.05, 0) is 19.1 Å². The smallest absolute Gasteiger partial charge is 0.249 e. The molecule has 0 aliphatic carbocycles. The molecule has 18 heavy (non-hydrogen) atoms. The lowest BCUT2D eigenvalue weighted by atomic mass is 10.2. The van der Waals surface area contributed by atoms with Gasteiger partial charge in [0.2, 0.25) is 5.91 Å². The fourth-order valence-corrected chi connectivity index (χ4v) is 2.44. The molecule has 1 unspecified atom stereocenters. The topological polar surface area (TPSA) is 22.0 Å². The maximum atomic E-state index is 12.3. The van der Waals surface area contributed by atoms with Crippen LogP contribution in [0.15, 0.2) is 48.5 Å². The zero-order valence-electron chi connectivity index (χ0n) is 9.93. The number of fused-ring (bicyclic) bond motifs is 3. The molecule has 0 N–H and O–H groups in total. The number of carbonyl (C=O) groups is 1. The van der Waals surface area contributed by atoms with E-state index in [1.165, 1.54) is 0 Å². The summed E-state index contributed by atoms with van der Waals surface area (Å²) in [5, 5.41) is 1.63. The molecule has 0 saturated heterocycles. The molecule has 2 nitrogen and oxygen atoms in total. The van der Waals surface area contributed by atoms with Crippen LogP contribution in [0.2, 0.25) is 0 Å². The van der Waals surface area contributed by atoms with Crippen molar-refractivity contribution in [2.75, 3.05) is 0 Å². The van der Waals surface area contributed by atoms with E-state index in [1.807, 2.05) is 48.5 Å². The average Bonchev–Trinajstić information content (AvgIpc) is 2.72. The van der Waals surface area contributed by atoms with Crippen molar-refractivity contribution in [3.63, 3.8) is 0 Å². The fraction of sp³-hybridized carbons (Fsp3) is 0.133. The minimum absolute atomic E-state index is 0.0888. The number of hydrogen-bond acceptors (Lipinski definition) is 1. The van der Waals surface area contributed by atoms with E-state index in [-0.39, 0.29) is 5.91 Å². The Morgan fingerprint density at radius 1 is 1.00 bits per heavy atom. The highest BCUT2D eigenvalue weighted by Gasteiger charge is 2.18. The molecule has 0 spiro atoms. The fourth-order valence-electron chi connectivity index (χ4n) is 2.34. The Bertz CT molecular complexity index is 689. The van der Waals surface area contributed by atoms with Gasteiger partial charge in [-0.25, -0.2) is 0 Å². The van der Waals surface area contributed by atoms with Gasteiger partial charge in [-0.1, -0.05) is 36.4 Å². The molecule has 0 bridgehead atoms. The lowest BCUT2D eigenvalue weighted by Crippen LogP contribution is -2.18. The second kappa shape index (κ2) is 4.14. The van der Waals surface area contributed by atoms with E-state index in [0.29, 0.717) is 0 Å². The Kier molecular flexibility index (Phi) is 2.60. The highest BCUT2D eigenvalue weighted by molar-refractivity contribution is 6.32. The number of para-hydroxylation sites is 2. The third-order valence-electron chi connectivity index (χ3n) is 3.14. The zero-order valence-corrected chi connectivity index (χ0v) is 10.7. The van der Waals surface area contributed by atoms with E-state index >= 15 is 0 Å². The van der Waals surface area contributed by atoms with Crippen molar-refractivity contribution < 1.29 is 4.79 Å². The summed E-state index contributed by atoms with van der Waals surface area (Å²) in [6.07, 6.45) is 0. The lowest BCUT2D eigenvalue weighted by molar-refractivity contribution is 0.0923. The van der Waals surface area contributed by atoms with Crippen molar-refractivity contribution in [1.29, 1.82) is 0 Å². The second-order valence-electron chi connectivity index (χ2n) is 4.32. The number of hydrogen-bond donors (Lipinski definition) is 0. The first kappa shape index (κ1) is 11.3. The molecular formula is C15H12ClNO. The lowest BCUT2D eigenvalue weighted by Gasteiger charge is -2.07. The Hall–Kier alpha value is -1.80. The standard InChI is InChI=1S/C15H12ClNO/c1-10(16)15(18)17-13-8-4-2-6-11(13)12-7-3-5-9-14(12)17/h2-10H,1H3. The highest BCUT2D eigenvalue weighted by Crippen LogP contribution is 2.29. The summed E-state index contributed by atoms with van der Waals surface area (Å²) in [7, 11) is 0. The molecule has 0 saturated carbocycles. The maximum absolute atomic E-state index is 12.3. The van der Waals surface area contributed by atoms with Crippen LogP contribution < -0.4 is 0 Å². The summed E-state index contributed by atoms with van der Waals surface area (Å²) in [4.78, 5) is 12.3. The van der Waals surface area contributed by atoms with Crippen molar-refractivity contribution in [3.8, 4) is 0 Å². The van der Waals surface area contributed by atoms with E-state index < -0.39 is 5.38 Å². The number of nitrogens with zero attached hydrogens (tertiary/aromatic N) is 1. The monoisotopic (exact) mass is 257 g/mol. The number of benzene rings is 2. The van der Waals surface area contributed by atoms with Crippen molar-refractivity contribution in [2.24, 2.45) is 0 Å². The first-order valence-electron chi connectivity index (χ1n) is 5.86. The Balaban J connectivity index is 2.49. The SMILES string of the molecule is CC(Cl)C(=O)n1c2ccccc2c2ccccc21. The molecule has 1 aromatic heterocycles. The van der Waals surface area contributed by atoms with Crippen LogP contribution in [0.25, 0.3) is 21.8 Å². The quantitative estimate of drug-likeness (QED) is 0.603. The number of aromatic nitrogens is 1. The third-order valence-corrected chi connectivity index (χ3v) is 3.33. The molecule has 3 heteroatoms. The van der Waals surface area contributed by atoms with E-state index in [2.05, 4.69) is 0 Å². The summed E-state index contributed by atoms with van der Waals surface area (Å²) in [5.41, 5.74) is 1.83. The van der Waals surface area contributed by atoms with Gasteiger partial charge in [0.25, 0.3) is 0 Å². The van der Waals surface area contributed by atoms with Crippen molar-refractivity contribution in [1.82, 2.24) is 4.57 Å². The number of carbonyl (C=O) groups excluding carboxylic acids is 1. The van der Waals surface area contributed by atoms with Gasteiger partial charge >= 0.3 is 0 Å². The van der Waals surface area contributed by atoms with Gasteiger partial charge in [0.15, 0.2) is 0 Å². The number of rotatable bonds is 1. The average molecular weight is 258 g/mol. The highest BCUT2D eigenvalue weighted by atomic mass is 35.5. The molecule has 90 valence electrons. The van der Waals surface area contributed by atoms with Crippen molar-refractivity contribution in [3.05, 3.63) is 48.5 Å². The molecule has 1 heterocycles. The zero-order chi connectivity index (χ0) is 12.7. The van der Waals surface area contributed by atoms with Gasteiger partial charge in [0.05, 0.1) is 11.0 Å². The predicted octanol–water partition coefficient (Wildman–Crippen LogP) is 4.06. The molecule has 0 aliphatic rings. The van der Waals surface area contributed by atoms with Crippen molar-refractivity contribution in [2.45, 2.75) is 12.3 Å². The minimum Gasteiger partial charge on any atom is -0.279 e. The molecule has 0 fully saturated rings. The van der Waals surface area contributed by atoms with E-state index in [1.54, 1.807) is 11.5 Å². The number of alkyl halides is 1. The molecule has 3 rings (SSSR count). The second-order valence-corrected chi connectivity index (χ2v) is 4.98. The first-order chi connectivity index (χ1) is 8.70. The van der Waals surface area contributed by atoms with Crippen LogP contribution in [0, 0.1) is 0 Å². The van der Waals surface area contributed by atoms with Gasteiger partial charge in [-0.3, -0.25) is 9.36 Å². The van der Waals surface area contributed by atoms with Gasteiger partial charge in [-0.2, -0.15) is 0 Å². The summed E-state index contributed by atoms with van der Waals surface area (Å²) >= 11 is 5.95. The van der Waals surface area contributed by atoms with Crippen LogP contribution in [0.5, 0.6) is 0 Å². The van der Waals surface area contributed by atoms with E-state index in [9.17, 15) is 4.79 Å². The molecule has 0 amide bonds. The van der Waals surface area contributed by atoms with Crippen LogP contribution in [-0.4, -0.2) is 15.9 Å². The summed E-state index contributed by atoms with van der Waals surface area (Å²) in [6, 6.07) is 15.8. The maximum Gasteiger partial charge on any atom is 0.249 e. The van der Waals surface area contributed by atoms with Crippen LogP contribution in [0.1, 0.15) is 11.7 Å². The predicted molar refractivity (Wildman–Crippen MR) is 75.4 cm³/mol. The summed E-state index contributed by atoms with van der Waals surface area (Å²) in [6.45, 7) is 1.70. The van der Waals surface area contributed by atoms with E-state index in [0.717, 1.165) is 21.8 Å². The van der Waals surface area contributed by atoms with Crippen LogP contribution in [0.4, 0.5) is 0 Å². The minimum atomic E-state index is -0.538. The van der Waals surface area contributed by atoms with Crippen LogP contribution in [0.3, 0.4) is 0 Å². The molecule has 1 atom stereocenters. The van der Waals surface area contributed by atoms with Gasteiger partial charge in [0, 0.05) is 10.8 Å². The Morgan fingerprint density at radius 3 is 1.89 bits per heavy atom. The van der Waals surface area contributed by atoms with Crippen LogP contribution >= 0.6 is 11.6 Å². The van der Waals surface area contributed by atoms with Crippen LogP contribution in [-0.2, 0) is 0 Å². The van der Waals surface area contributed by atoms with Crippen molar-refractivity contribution >= 4 is 39.3 Å².